The monoisotopic (exact) mass is 385 g/mol. The van der Waals surface area contributed by atoms with Gasteiger partial charge in [0.25, 0.3) is 5.91 Å². The number of rotatable bonds is 5. The summed E-state index contributed by atoms with van der Waals surface area (Å²) in [6, 6.07) is 3.65. The fourth-order valence-corrected chi connectivity index (χ4v) is 1.71. The average Bonchev–Trinajstić information content (AvgIpc) is 2.35. The minimum atomic E-state index is -0.0709. The Hall–Kier alpha value is -0.360. The lowest BCUT2D eigenvalue weighted by Gasteiger charge is -2.21. The molecule has 1 unspecified atom stereocenters. The molecule has 0 fully saturated rings. The first kappa shape index (κ1) is 21.9. The van der Waals surface area contributed by atoms with E-state index in [-0.39, 0.29) is 36.8 Å². The SMILES string of the molecule is CC(C)C(N)CCN(C)C(=O)c1ccc(Br)cn1.Cl.Cl. The van der Waals surface area contributed by atoms with Crippen molar-refractivity contribution >= 4 is 46.7 Å². The fourth-order valence-electron chi connectivity index (χ4n) is 1.48. The van der Waals surface area contributed by atoms with E-state index >= 15 is 0 Å². The van der Waals surface area contributed by atoms with Crippen LogP contribution < -0.4 is 5.73 Å². The van der Waals surface area contributed by atoms with Gasteiger partial charge in [0.05, 0.1) is 0 Å². The van der Waals surface area contributed by atoms with Crippen molar-refractivity contribution in [3.8, 4) is 0 Å². The topological polar surface area (TPSA) is 59.2 Å². The highest BCUT2D eigenvalue weighted by Crippen LogP contribution is 2.10. The molecule has 0 aromatic carbocycles. The quantitative estimate of drug-likeness (QED) is 0.845. The summed E-state index contributed by atoms with van der Waals surface area (Å²) in [4.78, 5) is 17.8. The van der Waals surface area contributed by atoms with Crippen LogP contribution in [0.2, 0.25) is 0 Å². The molecule has 116 valence electrons. The second-order valence-electron chi connectivity index (χ2n) is 4.78. The number of amides is 1. The number of hydrogen-bond donors (Lipinski definition) is 1. The first-order valence-electron chi connectivity index (χ1n) is 6.04. The van der Waals surface area contributed by atoms with Crippen LogP contribution in [0.5, 0.6) is 0 Å². The Bertz CT molecular complexity index is 401. The number of nitrogens with zero attached hydrogens (tertiary/aromatic N) is 2. The second kappa shape index (κ2) is 10.4. The van der Waals surface area contributed by atoms with Gasteiger partial charge in [-0.15, -0.1) is 24.8 Å². The summed E-state index contributed by atoms with van der Waals surface area (Å²) in [5, 5.41) is 0. The van der Waals surface area contributed by atoms with Crippen molar-refractivity contribution in [1.82, 2.24) is 9.88 Å². The predicted octanol–water partition coefficient (Wildman–Crippen LogP) is 3.13. The average molecular weight is 387 g/mol. The van der Waals surface area contributed by atoms with Gasteiger partial charge < -0.3 is 10.6 Å². The Labute approximate surface area is 141 Å². The molecule has 0 saturated heterocycles. The summed E-state index contributed by atoms with van der Waals surface area (Å²) in [5.74, 6) is 0.359. The Morgan fingerprint density at radius 1 is 1.40 bits per heavy atom. The molecule has 0 aliphatic carbocycles. The van der Waals surface area contributed by atoms with E-state index in [0.29, 0.717) is 18.2 Å². The lowest BCUT2D eigenvalue weighted by molar-refractivity contribution is 0.0783. The molecule has 0 radical (unpaired) electrons. The summed E-state index contributed by atoms with van der Waals surface area (Å²) < 4.78 is 0.864. The summed E-state index contributed by atoms with van der Waals surface area (Å²) in [6.07, 6.45) is 2.43. The molecule has 1 aromatic rings. The van der Waals surface area contributed by atoms with Crippen LogP contribution in [0.4, 0.5) is 0 Å². The summed E-state index contributed by atoms with van der Waals surface area (Å²) >= 11 is 3.29. The largest absolute Gasteiger partial charge is 0.340 e. The molecule has 0 aliphatic rings. The third kappa shape index (κ3) is 6.88. The van der Waals surface area contributed by atoms with Gasteiger partial charge in [-0.05, 0) is 40.4 Å². The first-order chi connectivity index (χ1) is 8.41. The van der Waals surface area contributed by atoms with Crippen molar-refractivity contribution in [2.75, 3.05) is 13.6 Å². The Morgan fingerprint density at radius 3 is 2.45 bits per heavy atom. The van der Waals surface area contributed by atoms with Gasteiger partial charge in [0.2, 0.25) is 0 Å². The smallest absolute Gasteiger partial charge is 0.272 e. The van der Waals surface area contributed by atoms with Gasteiger partial charge >= 0.3 is 0 Å². The first-order valence-corrected chi connectivity index (χ1v) is 6.83. The number of carbonyl (C=O) groups is 1. The van der Waals surface area contributed by atoms with Crippen LogP contribution in [0.1, 0.15) is 30.8 Å². The third-order valence-corrected chi connectivity index (χ3v) is 3.42. The van der Waals surface area contributed by atoms with Crippen molar-refractivity contribution < 1.29 is 4.79 Å². The van der Waals surface area contributed by atoms with Crippen molar-refractivity contribution in [2.45, 2.75) is 26.3 Å². The van der Waals surface area contributed by atoms with E-state index in [4.69, 9.17) is 5.73 Å². The van der Waals surface area contributed by atoms with Gasteiger partial charge in [-0.3, -0.25) is 4.79 Å². The molecule has 7 heteroatoms. The molecule has 20 heavy (non-hydrogen) atoms. The number of halogens is 3. The molecule has 0 spiro atoms. The van der Waals surface area contributed by atoms with Crippen molar-refractivity contribution in [2.24, 2.45) is 11.7 Å². The maximum atomic E-state index is 12.0. The minimum absolute atomic E-state index is 0. The summed E-state index contributed by atoms with van der Waals surface area (Å²) in [6.45, 7) is 4.82. The van der Waals surface area contributed by atoms with Crippen LogP contribution in [-0.4, -0.2) is 35.4 Å². The van der Waals surface area contributed by atoms with E-state index in [1.165, 1.54) is 0 Å². The molecule has 1 atom stereocenters. The molecule has 0 saturated carbocycles. The number of carbonyl (C=O) groups excluding carboxylic acids is 1. The third-order valence-electron chi connectivity index (χ3n) is 2.95. The van der Waals surface area contributed by atoms with Gasteiger partial charge in [-0.25, -0.2) is 4.98 Å². The van der Waals surface area contributed by atoms with Crippen molar-refractivity contribution in [3.63, 3.8) is 0 Å². The zero-order chi connectivity index (χ0) is 13.7. The van der Waals surface area contributed by atoms with Crippen LogP contribution in [0.15, 0.2) is 22.8 Å². The van der Waals surface area contributed by atoms with Gasteiger partial charge in [0.15, 0.2) is 0 Å². The molecule has 4 nitrogen and oxygen atoms in total. The van der Waals surface area contributed by atoms with E-state index in [1.807, 2.05) is 6.07 Å². The highest BCUT2D eigenvalue weighted by molar-refractivity contribution is 9.10. The van der Waals surface area contributed by atoms with Crippen LogP contribution in [0.3, 0.4) is 0 Å². The molecule has 1 amide bonds. The molecule has 1 rings (SSSR count). The van der Waals surface area contributed by atoms with E-state index < -0.39 is 0 Å². The number of hydrogen-bond acceptors (Lipinski definition) is 3. The minimum Gasteiger partial charge on any atom is -0.340 e. The fraction of sp³-hybridized carbons (Fsp3) is 0.538. The molecule has 0 bridgehead atoms. The van der Waals surface area contributed by atoms with E-state index in [9.17, 15) is 4.79 Å². The molecule has 1 heterocycles. The lowest BCUT2D eigenvalue weighted by atomic mass is 10.0. The standard InChI is InChI=1S/C13H20BrN3O.2ClH/c1-9(2)11(15)6-7-17(3)13(18)12-5-4-10(14)8-16-12;;/h4-5,8-9,11H,6-7,15H2,1-3H3;2*1H. The Kier molecular flexibility index (Phi) is 11.4. The van der Waals surface area contributed by atoms with Gasteiger partial charge in [0, 0.05) is 30.3 Å². The number of aromatic nitrogens is 1. The van der Waals surface area contributed by atoms with Crippen molar-refractivity contribution in [1.29, 1.82) is 0 Å². The van der Waals surface area contributed by atoms with Crippen LogP contribution in [-0.2, 0) is 0 Å². The van der Waals surface area contributed by atoms with E-state index in [1.54, 1.807) is 24.2 Å². The van der Waals surface area contributed by atoms with Crippen LogP contribution in [0.25, 0.3) is 0 Å². The molecule has 2 N–H and O–H groups in total. The van der Waals surface area contributed by atoms with E-state index in [2.05, 4.69) is 34.8 Å². The highest BCUT2D eigenvalue weighted by Gasteiger charge is 2.15. The predicted molar refractivity (Wildman–Crippen MR) is 90.8 cm³/mol. The number of nitrogens with two attached hydrogens (primary N) is 1. The van der Waals surface area contributed by atoms with Crippen molar-refractivity contribution in [3.05, 3.63) is 28.5 Å². The Balaban J connectivity index is 0. The van der Waals surface area contributed by atoms with Gasteiger partial charge in [0.1, 0.15) is 5.69 Å². The normalized spacial score (nSPS) is 11.3. The molecular formula is C13H22BrCl2N3O. The van der Waals surface area contributed by atoms with Crippen LogP contribution >= 0.6 is 40.7 Å². The maximum Gasteiger partial charge on any atom is 0.272 e. The van der Waals surface area contributed by atoms with E-state index in [0.717, 1.165) is 10.9 Å². The molecular weight excluding hydrogens is 365 g/mol. The summed E-state index contributed by atoms with van der Waals surface area (Å²) in [7, 11) is 1.78. The summed E-state index contributed by atoms with van der Waals surface area (Å²) in [5.41, 5.74) is 6.42. The molecule has 1 aromatic heterocycles. The zero-order valence-corrected chi connectivity index (χ0v) is 15.1. The maximum absolute atomic E-state index is 12.0. The van der Waals surface area contributed by atoms with Gasteiger partial charge in [-0.2, -0.15) is 0 Å². The van der Waals surface area contributed by atoms with Gasteiger partial charge in [-0.1, -0.05) is 13.8 Å². The zero-order valence-electron chi connectivity index (χ0n) is 11.9. The lowest BCUT2D eigenvalue weighted by Crippen LogP contribution is -2.34. The second-order valence-corrected chi connectivity index (χ2v) is 5.70. The number of pyridine rings is 1. The highest BCUT2D eigenvalue weighted by atomic mass is 79.9. The van der Waals surface area contributed by atoms with Crippen LogP contribution in [0, 0.1) is 5.92 Å². The Morgan fingerprint density at radius 2 is 2.00 bits per heavy atom. The molecule has 0 aliphatic heterocycles.